The minimum absolute atomic E-state index is 0.0496. The van der Waals surface area contributed by atoms with Crippen LogP contribution in [-0.2, 0) is 11.3 Å². The van der Waals surface area contributed by atoms with Gasteiger partial charge < -0.3 is 13.9 Å². The van der Waals surface area contributed by atoms with Gasteiger partial charge in [0.05, 0.1) is 7.11 Å². The molecule has 0 aliphatic rings. The smallest absolute Gasteiger partial charge is 0.342 e. The van der Waals surface area contributed by atoms with Crippen molar-refractivity contribution in [2.75, 3.05) is 7.11 Å². The molecule has 0 aliphatic carbocycles. The van der Waals surface area contributed by atoms with Gasteiger partial charge in [-0.05, 0) is 35.9 Å². The van der Waals surface area contributed by atoms with Gasteiger partial charge in [-0.3, -0.25) is 0 Å². The lowest BCUT2D eigenvalue weighted by molar-refractivity contribution is 0.0470. The van der Waals surface area contributed by atoms with Gasteiger partial charge in [0.25, 0.3) is 0 Å². The number of esters is 1. The zero-order chi connectivity index (χ0) is 19.7. The zero-order valence-corrected chi connectivity index (χ0v) is 15.5. The summed E-state index contributed by atoms with van der Waals surface area (Å²) in [6.07, 6.45) is 0. The van der Waals surface area contributed by atoms with E-state index < -0.39 is 11.6 Å². The van der Waals surface area contributed by atoms with Crippen molar-refractivity contribution in [3.63, 3.8) is 0 Å². The molecule has 1 aromatic heterocycles. The van der Waals surface area contributed by atoms with Crippen LogP contribution in [0, 0.1) is 6.92 Å². The number of carbonyl (C=O) groups excluding carboxylic acids is 1. The lowest BCUT2D eigenvalue weighted by Gasteiger charge is -2.11. The van der Waals surface area contributed by atoms with Crippen LogP contribution in [0.2, 0.25) is 0 Å². The van der Waals surface area contributed by atoms with Crippen molar-refractivity contribution in [3.05, 3.63) is 87.8 Å². The maximum atomic E-state index is 12.6. The van der Waals surface area contributed by atoms with E-state index in [2.05, 4.69) is 0 Å². The van der Waals surface area contributed by atoms with E-state index in [4.69, 9.17) is 13.9 Å². The van der Waals surface area contributed by atoms with Crippen molar-refractivity contribution in [3.8, 4) is 5.75 Å². The van der Waals surface area contributed by atoms with Crippen LogP contribution in [0.3, 0.4) is 0 Å². The minimum atomic E-state index is -0.512. The predicted octanol–water partition coefficient (Wildman–Crippen LogP) is 4.62. The monoisotopic (exact) mass is 374 g/mol. The molecule has 0 aliphatic heterocycles. The first-order chi connectivity index (χ1) is 13.6. The molecule has 5 nitrogen and oxygen atoms in total. The van der Waals surface area contributed by atoms with Crippen LogP contribution < -0.4 is 10.4 Å². The average molecular weight is 374 g/mol. The summed E-state index contributed by atoms with van der Waals surface area (Å²) in [5, 5.41) is 2.71. The largest absolute Gasteiger partial charge is 0.496 e. The topological polar surface area (TPSA) is 65.7 Å². The number of methoxy groups -OCH3 is 1. The van der Waals surface area contributed by atoms with Gasteiger partial charge in [0.2, 0.25) is 0 Å². The molecule has 0 spiro atoms. The highest BCUT2D eigenvalue weighted by Gasteiger charge is 2.16. The van der Waals surface area contributed by atoms with Gasteiger partial charge in [-0.25, -0.2) is 9.59 Å². The third kappa shape index (κ3) is 3.22. The molecule has 5 heteroatoms. The Bertz CT molecular complexity index is 1250. The molecule has 0 saturated carbocycles. The fourth-order valence-electron chi connectivity index (χ4n) is 3.34. The third-order valence-corrected chi connectivity index (χ3v) is 4.65. The molecule has 4 aromatic rings. The first-order valence-corrected chi connectivity index (χ1v) is 8.83. The Morgan fingerprint density at radius 1 is 1.04 bits per heavy atom. The van der Waals surface area contributed by atoms with Crippen molar-refractivity contribution in [2.45, 2.75) is 13.5 Å². The Hall–Kier alpha value is -3.60. The first-order valence-electron chi connectivity index (χ1n) is 8.83. The first kappa shape index (κ1) is 17.8. The minimum Gasteiger partial charge on any atom is -0.496 e. The number of hydrogen-bond donors (Lipinski definition) is 0. The number of hydrogen-bond acceptors (Lipinski definition) is 5. The highest BCUT2D eigenvalue weighted by atomic mass is 16.5. The molecule has 0 saturated heterocycles. The van der Waals surface area contributed by atoms with Crippen LogP contribution in [0.25, 0.3) is 21.7 Å². The summed E-state index contributed by atoms with van der Waals surface area (Å²) in [6.45, 7) is 1.84. The second-order valence-electron chi connectivity index (χ2n) is 6.53. The number of rotatable bonds is 4. The SMILES string of the molecule is COc1ccc(C)cc1C(=O)OCc1cc(=O)oc2ccc3ccccc3c12. The highest BCUT2D eigenvalue weighted by molar-refractivity contribution is 6.07. The van der Waals surface area contributed by atoms with Crippen molar-refractivity contribution >= 4 is 27.7 Å². The van der Waals surface area contributed by atoms with Gasteiger partial charge in [0.1, 0.15) is 23.5 Å². The van der Waals surface area contributed by atoms with E-state index in [1.165, 1.54) is 13.2 Å². The molecular weight excluding hydrogens is 356 g/mol. The maximum absolute atomic E-state index is 12.6. The maximum Gasteiger partial charge on any atom is 0.342 e. The van der Waals surface area contributed by atoms with Crippen LogP contribution in [0.4, 0.5) is 0 Å². The van der Waals surface area contributed by atoms with Crippen LogP contribution in [-0.4, -0.2) is 13.1 Å². The Morgan fingerprint density at radius 2 is 1.86 bits per heavy atom. The van der Waals surface area contributed by atoms with Gasteiger partial charge >= 0.3 is 11.6 Å². The molecule has 3 aromatic carbocycles. The summed E-state index contributed by atoms with van der Waals surface area (Å²) in [5.41, 5.74) is 1.85. The molecule has 1 heterocycles. The lowest BCUT2D eigenvalue weighted by Crippen LogP contribution is -2.09. The number of benzene rings is 3. The van der Waals surface area contributed by atoms with Crippen LogP contribution in [0.5, 0.6) is 5.75 Å². The average Bonchev–Trinajstić information content (AvgIpc) is 2.71. The summed E-state index contributed by atoms with van der Waals surface area (Å²) in [4.78, 5) is 24.6. The number of carbonyl (C=O) groups is 1. The molecule has 0 atom stereocenters. The molecule has 0 unspecified atom stereocenters. The van der Waals surface area contributed by atoms with Crippen LogP contribution in [0.15, 0.2) is 69.9 Å². The van der Waals surface area contributed by atoms with Gasteiger partial charge in [-0.1, -0.05) is 42.0 Å². The summed E-state index contributed by atoms with van der Waals surface area (Å²) in [5.74, 6) is -0.0688. The van der Waals surface area contributed by atoms with Crippen LogP contribution >= 0.6 is 0 Å². The van der Waals surface area contributed by atoms with Gasteiger partial charge in [0, 0.05) is 17.0 Å². The second-order valence-corrected chi connectivity index (χ2v) is 6.53. The lowest BCUT2D eigenvalue weighted by atomic mass is 10.0. The van der Waals surface area contributed by atoms with E-state index >= 15 is 0 Å². The molecule has 4 rings (SSSR count). The van der Waals surface area contributed by atoms with E-state index in [-0.39, 0.29) is 6.61 Å². The van der Waals surface area contributed by atoms with Crippen molar-refractivity contribution < 1.29 is 18.7 Å². The van der Waals surface area contributed by atoms with Gasteiger partial charge in [-0.15, -0.1) is 0 Å². The van der Waals surface area contributed by atoms with Gasteiger partial charge in [-0.2, -0.15) is 0 Å². The standard InChI is InChI=1S/C23H18O5/c1-14-7-9-19(26-2)18(11-14)23(25)27-13-16-12-21(24)28-20-10-8-15-5-3-4-6-17(15)22(16)20/h3-12H,13H2,1-2H3. The zero-order valence-electron chi connectivity index (χ0n) is 15.5. The fourth-order valence-corrected chi connectivity index (χ4v) is 3.34. The molecule has 140 valence electrons. The van der Waals surface area contributed by atoms with Crippen molar-refractivity contribution in [2.24, 2.45) is 0 Å². The summed E-state index contributed by atoms with van der Waals surface area (Å²) in [6, 6.07) is 18.1. The summed E-state index contributed by atoms with van der Waals surface area (Å²) in [7, 11) is 1.50. The number of fused-ring (bicyclic) bond motifs is 3. The van der Waals surface area contributed by atoms with E-state index in [0.29, 0.717) is 22.5 Å². The normalized spacial score (nSPS) is 10.9. The predicted molar refractivity (Wildman–Crippen MR) is 107 cm³/mol. The Balaban J connectivity index is 1.74. The Morgan fingerprint density at radius 3 is 2.68 bits per heavy atom. The van der Waals surface area contributed by atoms with Crippen molar-refractivity contribution in [1.29, 1.82) is 0 Å². The molecule has 0 N–H and O–H groups in total. The van der Waals surface area contributed by atoms with Gasteiger partial charge in [0.15, 0.2) is 0 Å². The van der Waals surface area contributed by atoms with E-state index in [9.17, 15) is 9.59 Å². The molecule has 0 amide bonds. The molecule has 0 bridgehead atoms. The highest BCUT2D eigenvalue weighted by Crippen LogP contribution is 2.28. The third-order valence-electron chi connectivity index (χ3n) is 4.65. The Labute approximate surface area is 161 Å². The number of aryl methyl sites for hydroxylation is 1. The number of ether oxygens (including phenoxy) is 2. The van der Waals surface area contributed by atoms with E-state index in [0.717, 1.165) is 21.7 Å². The molecular formula is C23H18O5. The van der Waals surface area contributed by atoms with Crippen molar-refractivity contribution in [1.82, 2.24) is 0 Å². The molecule has 28 heavy (non-hydrogen) atoms. The fraction of sp³-hybridized carbons (Fsp3) is 0.130. The van der Waals surface area contributed by atoms with Crippen LogP contribution in [0.1, 0.15) is 21.5 Å². The molecule has 0 radical (unpaired) electrons. The second kappa shape index (κ2) is 7.19. The molecule has 0 fully saturated rings. The summed E-state index contributed by atoms with van der Waals surface area (Å²) >= 11 is 0. The Kier molecular flexibility index (Phi) is 4.57. The van der Waals surface area contributed by atoms with E-state index in [1.54, 1.807) is 18.2 Å². The summed E-state index contributed by atoms with van der Waals surface area (Å²) < 4.78 is 16.1. The quantitative estimate of drug-likeness (QED) is 0.296. The van der Waals surface area contributed by atoms with E-state index in [1.807, 2.05) is 43.3 Å².